The third-order valence-electron chi connectivity index (χ3n) is 3.91. The first-order chi connectivity index (χ1) is 10.1. The standard InChI is InChI=1S/C15H17F2N3O/c16-13-2-1-11(7-14(13)17)15-8-12(21)9-20(15)6-5-19-4-3-18-10-19/h1-4,7,10,12,15,21H,5-6,8-9H2/t12-,15+/m0/s1. The second-order valence-corrected chi connectivity index (χ2v) is 5.37. The molecule has 0 saturated carbocycles. The molecule has 0 aliphatic carbocycles. The van der Waals surface area contributed by atoms with Crippen molar-refractivity contribution in [2.75, 3.05) is 13.1 Å². The molecule has 21 heavy (non-hydrogen) atoms. The Labute approximate surface area is 121 Å². The molecule has 1 saturated heterocycles. The predicted molar refractivity (Wildman–Crippen MR) is 73.5 cm³/mol. The third kappa shape index (κ3) is 3.11. The van der Waals surface area contributed by atoms with Crippen LogP contribution < -0.4 is 0 Å². The first-order valence-electron chi connectivity index (χ1n) is 6.96. The van der Waals surface area contributed by atoms with E-state index in [1.165, 1.54) is 6.07 Å². The summed E-state index contributed by atoms with van der Waals surface area (Å²) < 4.78 is 28.4. The van der Waals surface area contributed by atoms with Gasteiger partial charge in [-0.1, -0.05) is 6.07 Å². The number of halogens is 2. The van der Waals surface area contributed by atoms with Crippen LogP contribution in [0.5, 0.6) is 0 Å². The lowest BCUT2D eigenvalue weighted by Crippen LogP contribution is -2.28. The molecule has 2 aromatic rings. The molecule has 1 aromatic carbocycles. The van der Waals surface area contributed by atoms with Crippen molar-refractivity contribution in [3.63, 3.8) is 0 Å². The number of β-amino-alcohol motifs (C(OH)–C–C–N with tert-alkyl or cyclic N) is 1. The number of likely N-dealkylation sites (tertiary alicyclic amines) is 1. The molecule has 2 heterocycles. The third-order valence-corrected chi connectivity index (χ3v) is 3.91. The van der Waals surface area contributed by atoms with Crippen molar-refractivity contribution in [3.05, 3.63) is 54.1 Å². The first kappa shape index (κ1) is 14.2. The van der Waals surface area contributed by atoms with E-state index in [9.17, 15) is 13.9 Å². The van der Waals surface area contributed by atoms with E-state index in [0.717, 1.165) is 19.2 Å². The molecular formula is C15H17F2N3O. The lowest BCUT2D eigenvalue weighted by Gasteiger charge is -2.24. The zero-order valence-electron chi connectivity index (χ0n) is 11.5. The summed E-state index contributed by atoms with van der Waals surface area (Å²) in [4.78, 5) is 6.08. The van der Waals surface area contributed by atoms with Gasteiger partial charge in [0, 0.05) is 38.1 Å². The van der Waals surface area contributed by atoms with Gasteiger partial charge in [-0.05, 0) is 24.1 Å². The van der Waals surface area contributed by atoms with Crippen molar-refractivity contribution < 1.29 is 13.9 Å². The Balaban J connectivity index is 1.73. The van der Waals surface area contributed by atoms with Gasteiger partial charge in [-0.3, -0.25) is 4.90 Å². The van der Waals surface area contributed by atoms with Crippen molar-refractivity contribution in [2.24, 2.45) is 0 Å². The van der Waals surface area contributed by atoms with Crippen molar-refractivity contribution in [1.29, 1.82) is 0 Å². The van der Waals surface area contributed by atoms with Crippen LogP contribution in [0.3, 0.4) is 0 Å². The molecule has 1 N–H and O–H groups in total. The summed E-state index contributed by atoms with van der Waals surface area (Å²) >= 11 is 0. The number of imidazole rings is 1. The number of aliphatic hydroxyl groups is 1. The van der Waals surface area contributed by atoms with E-state index in [1.807, 2.05) is 10.8 Å². The molecule has 0 unspecified atom stereocenters. The summed E-state index contributed by atoms with van der Waals surface area (Å²) in [5.41, 5.74) is 0.705. The van der Waals surface area contributed by atoms with E-state index in [4.69, 9.17) is 0 Å². The van der Waals surface area contributed by atoms with Crippen LogP contribution in [0.15, 0.2) is 36.9 Å². The molecule has 6 heteroatoms. The molecule has 0 amide bonds. The van der Waals surface area contributed by atoms with Crippen LogP contribution in [0, 0.1) is 11.6 Å². The Morgan fingerprint density at radius 2 is 2.10 bits per heavy atom. The van der Waals surface area contributed by atoms with Gasteiger partial charge in [0.05, 0.1) is 12.4 Å². The number of rotatable bonds is 4. The second-order valence-electron chi connectivity index (χ2n) is 5.37. The quantitative estimate of drug-likeness (QED) is 0.937. The number of hydrogen-bond acceptors (Lipinski definition) is 3. The lowest BCUT2D eigenvalue weighted by molar-refractivity contribution is 0.173. The van der Waals surface area contributed by atoms with Crippen LogP contribution in [-0.2, 0) is 6.54 Å². The highest BCUT2D eigenvalue weighted by atomic mass is 19.2. The lowest BCUT2D eigenvalue weighted by atomic mass is 10.0. The zero-order chi connectivity index (χ0) is 14.8. The van der Waals surface area contributed by atoms with Gasteiger partial charge in [-0.15, -0.1) is 0 Å². The van der Waals surface area contributed by atoms with E-state index in [-0.39, 0.29) is 6.04 Å². The summed E-state index contributed by atoms with van der Waals surface area (Å²) in [5, 5.41) is 9.88. The van der Waals surface area contributed by atoms with Crippen LogP contribution in [-0.4, -0.2) is 38.8 Å². The highest BCUT2D eigenvalue weighted by molar-refractivity contribution is 5.22. The minimum Gasteiger partial charge on any atom is -0.392 e. The van der Waals surface area contributed by atoms with Gasteiger partial charge in [0.15, 0.2) is 11.6 Å². The van der Waals surface area contributed by atoms with Crippen LogP contribution in [0.2, 0.25) is 0 Å². The van der Waals surface area contributed by atoms with Crippen molar-refractivity contribution >= 4 is 0 Å². The van der Waals surface area contributed by atoms with Crippen LogP contribution in [0.25, 0.3) is 0 Å². The Kier molecular flexibility index (Phi) is 3.98. The average molecular weight is 293 g/mol. The van der Waals surface area contributed by atoms with E-state index in [1.54, 1.807) is 18.6 Å². The molecule has 112 valence electrons. The predicted octanol–water partition coefficient (Wildman–Crippen LogP) is 1.97. The number of aliphatic hydroxyl groups excluding tert-OH is 1. The second kappa shape index (κ2) is 5.91. The van der Waals surface area contributed by atoms with E-state index in [0.29, 0.717) is 18.5 Å². The summed E-state index contributed by atoms with van der Waals surface area (Å²) in [6, 6.07) is 3.87. The molecule has 1 aliphatic heterocycles. The molecule has 1 aliphatic rings. The van der Waals surface area contributed by atoms with Crippen LogP contribution in [0.1, 0.15) is 18.0 Å². The molecule has 0 radical (unpaired) electrons. The van der Waals surface area contributed by atoms with Gasteiger partial charge in [-0.2, -0.15) is 0 Å². The molecule has 3 rings (SSSR count). The number of hydrogen-bond donors (Lipinski definition) is 1. The monoisotopic (exact) mass is 293 g/mol. The molecule has 1 fully saturated rings. The molecule has 1 aromatic heterocycles. The topological polar surface area (TPSA) is 41.3 Å². The SMILES string of the molecule is O[C@H]1C[C@H](c2ccc(F)c(F)c2)N(CCn2ccnc2)C1. The maximum atomic E-state index is 13.4. The molecule has 2 atom stereocenters. The first-order valence-corrected chi connectivity index (χ1v) is 6.96. The number of benzene rings is 1. The molecular weight excluding hydrogens is 276 g/mol. The van der Waals surface area contributed by atoms with E-state index >= 15 is 0 Å². The number of nitrogens with zero attached hydrogens (tertiary/aromatic N) is 3. The maximum absolute atomic E-state index is 13.4. The highest BCUT2D eigenvalue weighted by Gasteiger charge is 2.32. The van der Waals surface area contributed by atoms with Crippen molar-refractivity contribution in [2.45, 2.75) is 25.1 Å². The smallest absolute Gasteiger partial charge is 0.159 e. The molecule has 4 nitrogen and oxygen atoms in total. The number of aromatic nitrogens is 2. The van der Waals surface area contributed by atoms with Crippen LogP contribution >= 0.6 is 0 Å². The normalized spacial score (nSPS) is 22.8. The molecule has 0 spiro atoms. The fourth-order valence-electron chi connectivity index (χ4n) is 2.86. The molecule has 0 bridgehead atoms. The fourth-order valence-corrected chi connectivity index (χ4v) is 2.86. The summed E-state index contributed by atoms with van der Waals surface area (Å²) in [6.45, 7) is 2.00. The minimum atomic E-state index is -0.845. The summed E-state index contributed by atoms with van der Waals surface area (Å²) in [5.74, 6) is -1.69. The zero-order valence-corrected chi connectivity index (χ0v) is 11.5. The van der Waals surface area contributed by atoms with Crippen molar-refractivity contribution in [3.8, 4) is 0 Å². The highest BCUT2D eigenvalue weighted by Crippen LogP contribution is 2.32. The van der Waals surface area contributed by atoms with Gasteiger partial charge in [0.2, 0.25) is 0 Å². The van der Waals surface area contributed by atoms with Gasteiger partial charge in [0.25, 0.3) is 0 Å². The Hall–Kier alpha value is -1.79. The Morgan fingerprint density at radius 3 is 2.81 bits per heavy atom. The van der Waals surface area contributed by atoms with Gasteiger partial charge >= 0.3 is 0 Å². The average Bonchev–Trinajstić information content (AvgIpc) is 3.09. The Bertz CT molecular complexity index is 603. The maximum Gasteiger partial charge on any atom is 0.159 e. The van der Waals surface area contributed by atoms with E-state index in [2.05, 4.69) is 9.88 Å². The van der Waals surface area contributed by atoms with Gasteiger partial charge in [-0.25, -0.2) is 13.8 Å². The van der Waals surface area contributed by atoms with Gasteiger partial charge < -0.3 is 9.67 Å². The van der Waals surface area contributed by atoms with Gasteiger partial charge in [0.1, 0.15) is 0 Å². The van der Waals surface area contributed by atoms with Crippen LogP contribution in [0.4, 0.5) is 8.78 Å². The summed E-state index contributed by atoms with van der Waals surface area (Å²) in [7, 11) is 0. The van der Waals surface area contributed by atoms with Crippen molar-refractivity contribution in [1.82, 2.24) is 14.5 Å². The summed E-state index contributed by atoms with van der Waals surface area (Å²) in [6.07, 6.45) is 5.42. The largest absolute Gasteiger partial charge is 0.392 e. The Morgan fingerprint density at radius 1 is 1.24 bits per heavy atom. The minimum absolute atomic E-state index is 0.0846. The fraction of sp³-hybridized carbons (Fsp3) is 0.400. The van der Waals surface area contributed by atoms with E-state index < -0.39 is 17.7 Å².